The van der Waals surface area contributed by atoms with Gasteiger partial charge in [-0.2, -0.15) is 27.2 Å². The summed E-state index contributed by atoms with van der Waals surface area (Å²) >= 11 is 1.97. The average molecular weight is 210 g/mol. The van der Waals surface area contributed by atoms with Crippen LogP contribution in [0, 0.1) is 0 Å². The quantitative estimate of drug-likeness (QED) is 0.716. The van der Waals surface area contributed by atoms with Crippen LogP contribution in [0.15, 0.2) is 6.20 Å². The van der Waals surface area contributed by atoms with E-state index in [-0.39, 0.29) is 5.91 Å². The lowest BCUT2D eigenvalue weighted by molar-refractivity contribution is 0.0741. The number of carbonyl (C=O) groups is 1. The molecule has 14 heavy (non-hydrogen) atoms. The summed E-state index contributed by atoms with van der Waals surface area (Å²) in [7, 11) is 0. The van der Waals surface area contributed by atoms with Crippen molar-refractivity contribution in [3.8, 4) is 0 Å². The molecule has 1 amide bonds. The molecule has 3 rings (SSSR count). The molecule has 1 aromatic rings. The van der Waals surface area contributed by atoms with Crippen LogP contribution in [0.1, 0.15) is 16.9 Å². The third-order valence-corrected chi connectivity index (χ3v) is 4.19. The van der Waals surface area contributed by atoms with Crippen LogP contribution in [0.5, 0.6) is 0 Å². The van der Waals surface area contributed by atoms with E-state index >= 15 is 0 Å². The van der Waals surface area contributed by atoms with Crippen molar-refractivity contribution >= 4 is 17.7 Å². The third-order valence-electron chi connectivity index (χ3n) is 2.80. The average Bonchev–Trinajstić information content (AvgIpc) is 2.93. The number of H-pyrrole nitrogens is 1. The lowest BCUT2D eigenvalue weighted by atomic mass is 10.2. The Labute approximate surface area is 85.2 Å². The molecule has 74 valence electrons. The number of amides is 1. The van der Waals surface area contributed by atoms with Crippen LogP contribution < -0.4 is 0 Å². The molecule has 0 aliphatic carbocycles. The van der Waals surface area contributed by atoms with Crippen molar-refractivity contribution in [2.24, 2.45) is 0 Å². The highest BCUT2D eigenvalue weighted by Crippen LogP contribution is 2.37. The number of carbonyl (C=O) groups excluding carboxylic acids is 1. The standard InChI is InChI=1S/C8H10N4OS/c13-8(7-2-9-11-10-7)12-3-6-1-5(12)4-14-6/h2,5-6H,1,3-4H2,(H,9,10,11). The number of likely N-dealkylation sites (tertiary alicyclic amines) is 1. The molecule has 1 N–H and O–H groups in total. The van der Waals surface area contributed by atoms with E-state index in [4.69, 9.17) is 0 Å². The Morgan fingerprint density at radius 2 is 2.64 bits per heavy atom. The SMILES string of the molecule is O=C(c1cn[nH]n1)N1CC2CC1CS2. The molecule has 2 aliphatic rings. The fourth-order valence-corrected chi connectivity index (χ4v) is 3.53. The minimum Gasteiger partial charge on any atom is -0.332 e. The fourth-order valence-electron chi connectivity index (χ4n) is 2.10. The fraction of sp³-hybridized carbons (Fsp3) is 0.625. The maximum absolute atomic E-state index is 11.9. The number of aromatic nitrogens is 3. The smallest absolute Gasteiger partial charge is 0.276 e. The lowest BCUT2D eigenvalue weighted by Gasteiger charge is -2.25. The third kappa shape index (κ3) is 1.13. The molecule has 6 heteroatoms. The van der Waals surface area contributed by atoms with Crippen molar-refractivity contribution in [2.75, 3.05) is 12.3 Å². The maximum Gasteiger partial charge on any atom is 0.276 e. The van der Waals surface area contributed by atoms with Gasteiger partial charge in [0.1, 0.15) is 0 Å². The largest absolute Gasteiger partial charge is 0.332 e. The lowest BCUT2D eigenvalue weighted by Crippen LogP contribution is -2.39. The van der Waals surface area contributed by atoms with Crippen LogP contribution in [0.25, 0.3) is 0 Å². The molecule has 2 atom stereocenters. The first-order chi connectivity index (χ1) is 6.84. The number of aromatic amines is 1. The predicted octanol–water partition coefficient (Wildman–Crippen LogP) is 0.135. The van der Waals surface area contributed by atoms with Gasteiger partial charge in [-0.25, -0.2) is 0 Å². The van der Waals surface area contributed by atoms with Gasteiger partial charge in [0.05, 0.1) is 6.20 Å². The number of nitrogens with one attached hydrogen (secondary N) is 1. The number of hydrogen-bond donors (Lipinski definition) is 1. The van der Waals surface area contributed by atoms with Crippen molar-refractivity contribution in [3.63, 3.8) is 0 Å². The molecule has 5 nitrogen and oxygen atoms in total. The molecule has 3 heterocycles. The van der Waals surface area contributed by atoms with E-state index in [0.29, 0.717) is 17.0 Å². The Kier molecular flexibility index (Phi) is 1.76. The zero-order chi connectivity index (χ0) is 9.54. The van der Waals surface area contributed by atoms with Gasteiger partial charge in [-0.3, -0.25) is 4.79 Å². The van der Waals surface area contributed by atoms with Gasteiger partial charge in [0.15, 0.2) is 5.69 Å². The van der Waals surface area contributed by atoms with Crippen molar-refractivity contribution in [2.45, 2.75) is 17.7 Å². The van der Waals surface area contributed by atoms with Gasteiger partial charge in [-0.05, 0) is 6.42 Å². The predicted molar refractivity (Wildman–Crippen MR) is 52.1 cm³/mol. The summed E-state index contributed by atoms with van der Waals surface area (Å²) in [6, 6.07) is 0.425. The summed E-state index contributed by atoms with van der Waals surface area (Å²) in [5.41, 5.74) is 0.433. The highest BCUT2D eigenvalue weighted by atomic mass is 32.2. The van der Waals surface area contributed by atoms with E-state index in [0.717, 1.165) is 18.7 Å². The summed E-state index contributed by atoms with van der Waals surface area (Å²) < 4.78 is 0. The molecule has 0 saturated carbocycles. The van der Waals surface area contributed by atoms with E-state index in [1.165, 1.54) is 6.20 Å². The number of hydrogen-bond acceptors (Lipinski definition) is 4. The van der Waals surface area contributed by atoms with Gasteiger partial charge in [0.25, 0.3) is 5.91 Å². The van der Waals surface area contributed by atoms with Gasteiger partial charge in [-0.15, -0.1) is 0 Å². The van der Waals surface area contributed by atoms with Crippen molar-refractivity contribution in [3.05, 3.63) is 11.9 Å². The van der Waals surface area contributed by atoms with Crippen LogP contribution >= 0.6 is 11.8 Å². The second kappa shape index (κ2) is 2.98. The summed E-state index contributed by atoms with van der Waals surface area (Å²) in [5.74, 6) is 1.10. The maximum atomic E-state index is 11.9. The number of rotatable bonds is 1. The van der Waals surface area contributed by atoms with Crippen LogP contribution in [-0.2, 0) is 0 Å². The number of fused-ring (bicyclic) bond motifs is 2. The molecule has 2 fully saturated rings. The molecule has 0 spiro atoms. The Morgan fingerprint density at radius 3 is 3.21 bits per heavy atom. The second-order valence-corrected chi connectivity index (χ2v) is 4.99. The second-order valence-electron chi connectivity index (χ2n) is 3.66. The zero-order valence-corrected chi connectivity index (χ0v) is 8.33. The van der Waals surface area contributed by atoms with Gasteiger partial charge in [0.2, 0.25) is 0 Å². The van der Waals surface area contributed by atoms with Gasteiger partial charge in [0, 0.05) is 23.6 Å². The molecule has 1 aromatic heterocycles. The normalized spacial score (nSPS) is 29.9. The molecule has 0 aromatic carbocycles. The summed E-state index contributed by atoms with van der Waals surface area (Å²) in [6.45, 7) is 0.876. The topological polar surface area (TPSA) is 61.9 Å². The van der Waals surface area contributed by atoms with E-state index in [9.17, 15) is 4.79 Å². The van der Waals surface area contributed by atoms with Crippen molar-refractivity contribution in [1.82, 2.24) is 20.3 Å². The summed E-state index contributed by atoms with van der Waals surface area (Å²) in [6.07, 6.45) is 2.63. The Morgan fingerprint density at radius 1 is 1.71 bits per heavy atom. The first kappa shape index (κ1) is 8.28. The molecule has 2 aliphatic heterocycles. The van der Waals surface area contributed by atoms with Crippen molar-refractivity contribution in [1.29, 1.82) is 0 Å². The molecule has 2 unspecified atom stereocenters. The number of nitrogens with zero attached hydrogens (tertiary/aromatic N) is 3. The Hall–Kier alpha value is -1.04. The van der Waals surface area contributed by atoms with Crippen LogP contribution in [0.3, 0.4) is 0 Å². The van der Waals surface area contributed by atoms with E-state index < -0.39 is 0 Å². The Balaban J connectivity index is 1.81. The van der Waals surface area contributed by atoms with Gasteiger partial charge < -0.3 is 4.90 Å². The first-order valence-electron chi connectivity index (χ1n) is 4.63. The zero-order valence-electron chi connectivity index (χ0n) is 7.51. The highest BCUT2D eigenvalue weighted by molar-refractivity contribution is 8.00. The minimum atomic E-state index is 0.0200. The van der Waals surface area contributed by atoms with Gasteiger partial charge >= 0.3 is 0 Å². The highest BCUT2D eigenvalue weighted by Gasteiger charge is 2.41. The minimum absolute atomic E-state index is 0.0200. The molecular formula is C8H10N4OS. The van der Waals surface area contributed by atoms with Gasteiger partial charge in [-0.1, -0.05) is 0 Å². The van der Waals surface area contributed by atoms with Crippen LogP contribution in [0.4, 0.5) is 0 Å². The molecular weight excluding hydrogens is 200 g/mol. The van der Waals surface area contributed by atoms with Crippen LogP contribution in [0.2, 0.25) is 0 Å². The number of thioether (sulfide) groups is 1. The molecule has 2 saturated heterocycles. The molecule has 2 bridgehead atoms. The van der Waals surface area contributed by atoms with E-state index in [2.05, 4.69) is 15.4 Å². The summed E-state index contributed by atoms with van der Waals surface area (Å²) in [5, 5.41) is 10.6. The Bertz CT molecular complexity index is 352. The van der Waals surface area contributed by atoms with Crippen molar-refractivity contribution < 1.29 is 4.79 Å². The first-order valence-corrected chi connectivity index (χ1v) is 5.68. The molecule has 0 radical (unpaired) electrons. The van der Waals surface area contributed by atoms with Crippen LogP contribution in [-0.4, -0.2) is 49.8 Å². The van der Waals surface area contributed by atoms with E-state index in [1.807, 2.05) is 16.7 Å². The van der Waals surface area contributed by atoms with E-state index in [1.54, 1.807) is 0 Å². The summed E-state index contributed by atoms with van der Waals surface area (Å²) in [4.78, 5) is 13.8. The monoisotopic (exact) mass is 210 g/mol.